The standard InChI is InChI=1S/C10H7Cl2N3O3/c11-8-5-13-14(10(16)9(8)12)6-1-3-7(4-2-6)15(17)18/h1-5,13,16H/p-1. The second-order valence-corrected chi connectivity index (χ2v) is 4.13. The van der Waals surface area contributed by atoms with Gasteiger partial charge in [-0.15, -0.1) is 0 Å². The fourth-order valence-corrected chi connectivity index (χ4v) is 1.63. The number of hydrazine groups is 1. The second kappa shape index (κ2) is 4.75. The van der Waals surface area contributed by atoms with Crippen LogP contribution in [-0.4, -0.2) is 4.92 Å². The van der Waals surface area contributed by atoms with Gasteiger partial charge in [-0.2, -0.15) is 0 Å². The van der Waals surface area contributed by atoms with Crippen molar-refractivity contribution in [1.82, 2.24) is 5.43 Å². The number of non-ortho nitro benzene ring substituents is 1. The van der Waals surface area contributed by atoms with Crippen LogP contribution in [0.4, 0.5) is 11.4 Å². The summed E-state index contributed by atoms with van der Waals surface area (Å²) in [6, 6.07) is 5.44. The topological polar surface area (TPSA) is 81.5 Å². The summed E-state index contributed by atoms with van der Waals surface area (Å²) < 4.78 is 0. The smallest absolute Gasteiger partial charge is 0.269 e. The zero-order valence-corrected chi connectivity index (χ0v) is 10.3. The molecule has 94 valence electrons. The average Bonchev–Trinajstić information content (AvgIpc) is 2.36. The Morgan fingerprint density at radius 3 is 2.39 bits per heavy atom. The van der Waals surface area contributed by atoms with E-state index in [0.29, 0.717) is 5.69 Å². The fraction of sp³-hybridized carbons (Fsp3) is 0. The molecule has 1 N–H and O–H groups in total. The van der Waals surface area contributed by atoms with Gasteiger partial charge in [-0.05, 0) is 12.1 Å². The first-order valence-electron chi connectivity index (χ1n) is 4.74. The Balaban J connectivity index is 2.31. The molecule has 0 aliphatic carbocycles. The highest BCUT2D eigenvalue weighted by Crippen LogP contribution is 2.28. The molecule has 1 aliphatic rings. The highest BCUT2D eigenvalue weighted by Gasteiger charge is 2.15. The van der Waals surface area contributed by atoms with E-state index in [9.17, 15) is 15.2 Å². The number of anilines is 1. The molecule has 0 saturated heterocycles. The molecule has 8 heteroatoms. The van der Waals surface area contributed by atoms with Crippen molar-refractivity contribution < 1.29 is 10.0 Å². The molecule has 0 bridgehead atoms. The van der Waals surface area contributed by atoms with Gasteiger partial charge in [-0.25, -0.2) is 0 Å². The molecule has 0 amide bonds. The maximum atomic E-state index is 11.8. The van der Waals surface area contributed by atoms with Gasteiger partial charge in [0.25, 0.3) is 5.69 Å². The summed E-state index contributed by atoms with van der Waals surface area (Å²) in [7, 11) is 0. The van der Waals surface area contributed by atoms with E-state index in [-0.39, 0.29) is 15.8 Å². The average molecular weight is 287 g/mol. The molecule has 18 heavy (non-hydrogen) atoms. The van der Waals surface area contributed by atoms with Gasteiger partial charge in [0.05, 0.1) is 20.7 Å². The summed E-state index contributed by atoms with van der Waals surface area (Å²) in [5.74, 6) is -0.530. The van der Waals surface area contributed by atoms with Crippen LogP contribution in [-0.2, 0) is 0 Å². The third kappa shape index (κ3) is 2.20. The lowest BCUT2D eigenvalue weighted by Crippen LogP contribution is -2.41. The van der Waals surface area contributed by atoms with E-state index in [0.717, 1.165) is 5.01 Å². The molecule has 0 fully saturated rings. The number of nitro groups is 1. The van der Waals surface area contributed by atoms with E-state index in [2.05, 4.69) is 5.43 Å². The molecule has 2 rings (SSSR count). The van der Waals surface area contributed by atoms with Crippen molar-refractivity contribution in [3.63, 3.8) is 0 Å². The lowest BCUT2D eigenvalue weighted by molar-refractivity contribution is -0.384. The summed E-state index contributed by atoms with van der Waals surface area (Å²) in [6.45, 7) is 0. The minimum absolute atomic E-state index is 0.0631. The molecule has 0 radical (unpaired) electrons. The minimum Gasteiger partial charge on any atom is -0.858 e. The van der Waals surface area contributed by atoms with Crippen molar-refractivity contribution in [2.75, 3.05) is 5.01 Å². The predicted molar refractivity (Wildman–Crippen MR) is 65.5 cm³/mol. The third-order valence-electron chi connectivity index (χ3n) is 2.24. The quantitative estimate of drug-likeness (QED) is 0.662. The molecule has 0 saturated carbocycles. The number of nitrogens with one attached hydrogen (secondary N) is 1. The van der Waals surface area contributed by atoms with Crippen molar-refractivity contribution in [2.45, 2.75) is 0 Å². The van der Waals surface area contributed by atoms with Crippen LogP contribution in [0, 0.1) is 10.1 Å². The molecule has 0 unspecified atom stereocenters. The van der Waals surface area contributed by atoms with Crippen LogP contribution in [0.1, 0.15) is 0 Å². The molecular formula is C10H6Cl2N3O3-. The summed E-state index contributed by atoms with van der Waals surface area (Å²) in [5.41, 5.74) is 2.99. The van der Waals surface area contributed by atoms with Crippen molar-refractivity contribution >= 4 is 34.6 Å². The summed E-state index contributed by atoms with van der Waals surface area (Å²) in [5, 5.41) is 23.4. The summed E-state index contributed by atoms with van der Waals surface area (Å²) >= 11 is 11.4. The number of nitrogens with zero attached hydrogens (tertiary/aromatic N) is 2. The molecule has 1 aromatic carbocycles. The molecule has 0 atom stereocenters. The lowest BCUT2D eigenvalue weighted by Gasteiger charge is -2.34. The van der Waals surface area contributed by atoms with Gasteiger partial charge in [0.1, 0.15) is 0 Å². The first-order valence-corrected chi connectivity index (χ1v) is 5.50. The Labute approximate surface area is 112 Å². The van der Waals surface area contributed by atoms with Gasteiger partial charge < -0.3 is 10.5 Å². The Morgan fingerprint density at radius 2 is 1.83 bits per heavy atom. The zero-order valence-electron chi connectivity index (χ0n) is 8.76. The van der Waals surface area contributed by atoms with Gasteiger partial charge in [0.15, 0.2) is 0 Å². The van der Waals surface area contributed by atoms with Crippen LogP contribution < -0.4 is 15.5 Å². The van der Waals surface area contributed by atoms with E-state index in [1.807, 2.05) is 0 Å². The van der Waals surface area contributed by atoms with Gasteiger partial charge in [-0.3, -0.25) is 15.1 Å². The first kappa shape index (κ1) is 12.5. The minimum atomic E-state index is -0.530. The Kier molecular flexibility index (Phi) is 3.31. The Bertz CT molecular complexity index is 554. The van der Waals surface area contributed by atoms with Gasteiger partial charge in [-0.1, -0.05) is 23.2 Å². The number of hydrogen-bond acceptors (Lipinski definition) is 5. The lowest BCUT2D eigenvalue weighted by atomic mass is 10.2. The number of nitro benzene ring substituents is 1. The van der Waals surface area contributed by atoms with Crippen LogP contribution in [0.5, 0.6) is 0 Å². The first-order chi connectivity index (χ1) is 8.50. The number of benzene rings is 1. The van der Waals surface area contributed by atoms with E-state index in [1.54, 1.807) is 0 Å². The van der Waals surface area contributed by atoms with E-state index >= 15 is 0 Å². The number of hydrogen-bond donors (Lipinski definition) is 1. The van der Waals surface area contributed by atoms with Crippen molar-refractivity contribution in [1.29, 1.82) is 0 Å². The molecule has 0 aromatic heterocycles. The highest BCUT2D eigenvalue weighted by molar-refractivity contribution is 6.44. The Morgan fingerprint density at radius 1 is 1.22 bits per heavy atom. The van der Waals surface area contributed by atoms with Crippen molar-refractivity contribution in [2.24, 2.45) is 0 Å². The molecule has 1 aliphatic heterocycles. The van der Waals surface area contributed by atoms with Gasteiger partial charge >= 0.3 is 0 Å². The second-order valence-electron chi connectivity index (χ2n) is 3.35. The number of allylic oxidation sites excluding steroid dienone is 2. The van der Waals surface area contributed by atoms with Crippen LogP contribution in [0.3, 0.4) is 0 Å². The molecule has 6 nitrogen and oxygen atoms in total. The Hall–Kier alpha value is -1.92. The SMILES string of the molecule is O=[N+]([O-])c1ccc(N2NC=C(Cl)C(Cl)=C2[O-])cc1. The number of halogens is 2. The summed E-state index contributed by atoms with van der Waals surface area (Å²) in [4.78, 5) is 9.98. The van der Waals surface area contributed by atoms with Crippen molar-refractivity contribution in [3.8, 4) is 0 Å². The van der Waals surface area contributed by atoms with E-state index in [1.165, 1.54) is 30.5 Å². The summed E-state index contributed by atoms with van der Waals surface area (Å²) in [6.07, 6.45) is 1.35. The largest absolute Gasteiger partial charge is 0.858 e. The van der Waals surface area contributed by atoms with E-state index in [4.69, 9.17) is 23.2 Å². The van der Waals surface area contributed by atoms with Crippen LogP contribution in [0.25, 0.3) is 0 Å². The number of rotatable bonds is 2. The molecular weight excluding hydrogens is 281 g/mol. The maximum absolute atomic E-state index is 11.8. The molecule has 1 heterocycles. The van der Waals surface area contributed by atoms with Gasteiger partial charge in [0.2, 0.25) is 0 Å². The zero-order chi connectivity index (χ0) is 13.3. The molecule has 0 spiro atoms. The fourth-order valence-electron chi connectivity index (χ4n) is 1.36. The monoisotopic (exact) mass is 286 g/mol. The van der Waals surface area contributed by atoms with Gasteiger partial charge in [0, 0.05) is 24.2 Å². The highest BCUT2D eigenvalue weighted by atomic mass is 35.5. The predicted octanol–water partition coefficient (Wildman–Crippen LogP) is 1.77. The van der Waals surface area contributed by atoms with Crippen LogP contribution >= 0.6 is 23.2 Å². The normalized spacial score (nSPS) is 15.2. The van der Waals surface area contributed by atoms with E-state index < -0.39 is 10.8 Å². The maximum Gasteiger partial charge on any atom is 0.269 e. The van der Waals surface area contributed by atoms with Crippen LogP contribution in [0.2, 0.25) is 0 Å². The van der Waals surface area contributed by atoms with Crippen molar-refractivity contribution in [3.05, 3.63) is 56.5 Å². The van der Waals surface area contributed by atoms with Crippen LogP contribution in [0.15, 0.2) is 46.4 Å². The molecule has 1 aromatic rings. The third-order valence-corrected chi connectivity index (χ3v) is 3.00.